The molecule has 0 unspecified atom stereocenters. The molecule has 244 valence electrons. The number of rotatable bonds is 5. The Morgan fingerprint density at radius 3 is 1.25 bits per heavy atom. The highest BCUT2D eigenvalue weighted by molar-refractivity contribution is 6.10. The van der Waals surface area contributed by atoms with E-state index in [1.54, 1.807) is 0 Å². The molecule has 4 nitrogen and oxygen atoms in total. The molecule has 3 aromatic heterocycles. The molecule has 52 heavy (non-hydrogen) atoms. The van der Waals surface area contributed by atoms with Crippen LogP contribution in [-0.2, 0) is 0 Å². The summed E-state index contributed by atoms with van der Waals surface area (Å²) in [6, 6.07) is 64.4. The topological polar surface area (TPSA) is 34.5 Å². The normalized spacial score (nSPS) is 11.8. The summed E-state index contributed by atoms with van der Waals surface area (Å²) in [6.45, 7) is 0. The Morgan fingerprint density at radius 1 is 0.327 bits per heavy atom. The van der Waals surface area contributed by atoms with E-state index in [9.17, 15) is 0 Å². The van der Waals surface area contributed by atoms with Crippen LogP contribution < -0.4 is 4.90 Å². The molecule has 0 saturated heterocycles. The summed E-state index contributed by atoms with van der Waals surface area (Å²) in [5, 5.41) is 6.93. The number of nitrogens with zero attached hydrogens (tertiary/aromatic N) is 2. The minimum absolute atomic E-state index is 0.876. The molecule has 0 radical (unpaired) electrons. The minimum atomic E-state index is 0.876. The second-order valence-corrected chi connectivity index (χ2v) is 13.4. The van der Waals surface area contributed by atoms with Gasteiger partial charge in [-0.25, -0.2) is 0 Å². The Labute approximate surface area is 299 Å². The van der Waals surface area contributed by atoms with Crippen molar-refractivity contribution in [3.8, 4) is 16.8 Å². The minimum Gasteiger partial charge on any atom is -0.456 e. The van der Waals surface area contributed by atoms with Crippen molar-refractivity contribution in [1.82, 2.24) is 4.57 Å². The Balaban J connectivity index is 1.01. The van der Waals surface area contributed by atoms with E-state index in [-0.39, 0.29) is 0 Å². The zero-order valence-electron chi connectivity index (χ0n) is 28.0. The third-order valence-corrected chi connectivity index (χ3v) is 10.4. The summed E-state index contributed by atoms with van der Waals surface area (Å²) in [6.07, 6.45) is 0. The first-order chi connectivity index (χ1) is 25.8. The lowest BCUT2D eigenvalue weighted by Crippen LogP contribution is -2.09. The highest BCUT2D eigenvalue weighted by Crippen LogP contribution is 2.42. The van der Waals surface area contributed by atoms with E-state index in [4.69, 9.17) is 8.83 Å². The van der Waals surface area contributed by atoms with E-state index in [1.807, 2.05) is 24.3 Å². The molecule has 0 spiro atoms. The summed E-state index contributed by atoms with van der Waals surface area (Å²) < 4.78 is 14.8. The number of aromatic nitrogens is 1. The van der Waals surface area contributed by atoms with Gasteiger partial charge < -0.3 is 18.3 Å². The number of hydrogen-bond donors (Lipinski definition) is 0. The second kappa shape index (κ2) is 11.2. The molecular weight excluding hydrogens is 637 g/mol. The van der Waals surface area contributed by atoms with Gasteiger partial charge in [0.15, 0.2) is 0 Å². The lowest BCUT2D eigenvalue weighted by molar-refractivity contribution is 0.668. The zero-order chi connectivity index (χ0) is 34.2. The van der Waals surface area contributed by atoms with Gasteiger partial charge in [0.25, 0.3) is 0 Å². The van der Waals surface area contributed by atoms with E-state index in [1.165, 1.54) is 27.4 Å². The van der Waals surface area contributed by atoms with Crippen LogP contribution in [0.2, 0.25) is 0 Å². The van der Waals surface area contributed by atoms with Crippen LogP contribution >= 0.6 is 0 Å². The maximum atomic E-state index is 6.20. The largest absolute Gasteiger partial charge is 0.456 e. The van der Waals surface area contributed by atoms with Crippen molar-refractivity contribution in [1.29, 1.82) is 0 Å². The molecule has 0 atom stereocenters. The molecule has 3 heterocycles. The molecule has 0 aliphatic rings. The molecule has 11 rings (SSSR count). The number of anilines is 3. The van der Waals surface area contributed by atoms with Crippen LogP contribution in [0.5, 0.6) is 0 Å². The third kappa shape index (κ3) is 4.41. The van der Waals surface area contributed by atoms with Gasteiger partial charge in [0.2, 0.25) is 0 Å². The van der Waals surface area contributed by atoms with Crippen LogP contribution in [0.4, 0.5) is 17.1 Å². The fraction of sp³-hybridized carbons (Fsp3) is 0. The fourth-order valence-electron chi connectivity index (χ4n) is 7.96. The lowest BCUT2D eigenvalue weighted by atomic mass is 10.0. The highest BCUT2D eigenvalue weighted by atomic mass is 16.3. The average Bonchev–Trinajstić information content (AvgIpc) is 3.88. The Hall–Kier alpha value is -7.04. The zero-order valence-corrected chi connectivity index (χ0v) is 28.0. The molecular formula is C48H30N2O2. The third-order valence-electron chi connectivity index (χ3n) is 10.4. The first-order valence-corrected chi connectivity index (χ1v) is 17.6. The summed E-state index contributed by atoms with van der Waals surface area (Å²) >= 11 is 0. The number of fused-ring (bicyclic) bond motifs is 9. The number of furan rings is 2. The molecule has 0 amide bonds. The van der Waals surface area contributed by atoms with Gasteiger partial charge in [-0.05, 0) is 96.1 Å². The van der Waals surface area contributed by atoms with Crippen LogP contribution in [0.1, 0.15) is 0 Å². The average molecular weight is 667 g/mol. The van der Waals surface area contributed by atoms with E-state index in [0.717, 1.165) is 72.2 Å². The fourth-order valence-corrected chi connectivity index (χ4v) is 7.96. The summed E-state index contributed by atoms with van der Waals surface area (Å²) in [4.78, 5) is 2.32. The molecule has 0 aliphatic carbocycles. The van der Waals surface area contributed by atoms with Gasteiger partial charge in [-0.2, -0.15) is 0 Å². The van der Waals surface area contributed by atoms with Gasteiger partial charge in [0.05, 0.1) is 11.0 Å². The summed E-state index contributed by atoms with van der Waals surface area (Å²) in [5.74, 6) is 0. The second-order valence-electron chi connectivity index (χ2n) is 13.4. The molecule has 11 aromatic rings. The van der Waals surface area contributed by atoms with Gasteiger partial charge in [-0.3, -0.25) is 0 Å². The maximum Gasteiger partial charge on any atom is 0.135 e. The maximum absolute atomic E-state index is 6.20. The van der Waals surface area contributed by atoms with Gasteiger partial charge in [-0.15, -0.1) is 0 Å². The first-order valence-electron chi connectivity index (χ1n) is 17.6. The Morgan fingerprint density at radius 2 is 0.731 bits per heavy atom. The van der Waals surface area contributed by atoms with Crippen molar-refractivity contribution in [3.63, 3.8) is 0 Å². The quantitative estimate of drug-likeness (QED) is 0.183. The smallest absolute Gasteiger partial charge is 0.135 e. The number of hydrogen-bond acceptors (Lipinski definition) is 3. The van der Waals surface area contributed by atoms with Crippen molar-refractivity contribution in [2.45, 2.75) is 0 Å². The number of benzene rings is 8. The van der Waals surface area contributed by atoms with Crippen molar-refractivity contribution in [2.75, 3.05) is 4.90 Å². The molecule has 0 saturated carbocycles. The highest BCUT2D eigenvalue weighted by Gasteiger charge is 2.18. The molecule has 0 N–H and O–H groups in total. The van der Waals surface area contributed by atoms with Gasteiger partial charge in [-0.1, -0.05) is 97.1 Å². The molecule has 0 aliphatic heterocycles. The number of para-hydroxylation sites is 4. The predicted octanol–water partition coefficient (Wildman–Crippen LogP) is 13.7. The standard InChI is InChI=1S/C48H30N2O2/c1-5-13-43-37(9-1)38-10-2-6-14-44(38)50(43)34-23-19-32(20-24-34)31-17-21-33(22-18-31)49(35-25-27-47-41(29-35)39-11-3-7-15-45(39)51-47)36-26-28-48-42(30-36)40-12-4-8-16-46(40)52-48/h1-30H. The SMILES string of the molecule is c1ccc2c(c1)oc1ccc(N(c3ccc(-c4ccc(-n5c6ccccc6c6ccccc65)cc4)cc3)c3ccc4oc5ccccc5c4c3)cc12. The first kappa shape index (κ1) is 28.8. The van der Waals surface area contributed by atoms with E-state index >= 15 is 0 Å². The van der Waals surface area contributed by atoms with Crippen molar-refractivity contribution in [3.05, 3.63) is 182 Å². The van der Waals surface area contributed by atoms with Crippen molar-refractivity contribution >= 4 is 82.7 Å². The lowest BCUT2D eigenvalue weighted by Gasteiger charge is -2.26. The van der Waals surface area contributed by atoms with Crippen molar-refractivity contribution < 1.29 is 8.83 Å². The van der Waals surface area contributed by atoms with Gasteiger partial charge in [0, 0.05) is 55.1 Å². The molecule has 4 heteroatoms. The van der Waals surface area contributed by atoms with E-state index in [0.29, 0.717) is 0 Å². The molecule has 0 fully saturated rings. The summed E-state index contributed by atoms with van der Waals surface area (Å²) in [5.41, 5.74) is 12.6. The Kier molecular flexibility index (Phi) is 6.22. The Bertz CT molecular complexity index is 2960. The molecule has 8 aromatic carbocycles. The van der Waals surface area contributed by atoms with Crippen LogP contribution in [0.3, 0.4) is 0 Å². The monoisotopic (exact) mass is 666 g/mol. The predicted molar refractivity (Wildman–Crippen MR) is 215 cm³/mol. The van der Waals surface area contributed by atoms with E-state index < -0.39 is 0 Å². The van der Waals surface area contributed by atoms with E-state index in [2.05, 4.69) is 167 Å². The summed E-state index contributed by atoms with van der Waals surface area (Å²) in [7, 11) is 0. The van der Waals surface area contributed by atoms with Crippen LogP contribution in [0, 0.1) is 0 Å². The molecule has 0 bridgehead atoms. The van der Waals surface area contributed by atoms with Crippen molar-refractivity contribution in [2.24, 2.45) is 0 Å². The van der Waals surface area contributed by atoms with Crippen LogP contribution in [0.15, 0.2) is 191 Å². The van der Waals surface area contributed by atoms with Crippen LogP contribution in [-0.4, -0.2) is 4.57 Å². The van der Waals surface area contributed by atoms with Gasteiger partial charge in [0.1, 0.15) is 22.3 Å². The van der Waals surface area contributed by atoms with Crippen LogP contribution in [0.25, 0.3) is 82.5 Å². The van der Waals surface area contributed by atoms with Gasteiger partial charge >= 0.3 is 0 Å².